The summed E-state index contributed by atoms with van der Waals surface area (Å²) < 4.78 is 2.13. The van der Waals surface area contributed by atoms with E-state index in [2.05, 4.69) is 40.0 Å². The zero-order chi connectivity index (χ0) is 16.0. The van der Waals surface area contributed by atoms with E-state index >= 15 is 0 Å². The number of fused-ring (bicyclic) bond motifs is 3. The molecule has 2 aliphatic heterocycles. The third kappa shape index (κ3) is 2.41. The van der Waals surface area contributed by atoms with Gasteiger partial charge in [-0.05, 0) is 25.1 Å². The van der Waals surface area contributed by atoms with E-state index in [1.807, 2.05) is 0 Å². The maximum Gasteiger partial charge on any atom is 0.407 e. The number of anilines is 1. The molecule has 0 spiro atoms. The van der Waals surface area contributed by atoms with Crippen molar-refractivity contribution < 1.29 is 9.90 Å². The number of piperazine rings is 1. The van der Waals surface area contributed by atoms with Crippen LogP contribution in [0.5, 0.6) is 0 Å². The van der Waals surface area contributed by atoms with Gasteiger partial charge in [0.1, 0.15) is 0 Å². The van der Waals surface area contributed by atoms with Crippen molar-refractivity contribution >= 4 is 22.7 Å². The van der Waals surface area contributed by atoms with E-state index in [0.717, 1.165) is 37.4 Å². The van der Waals surface area contributed by atoms with Gasteiger partial charge in [-0.3, -0.25) is 4.68 Å². The molecule has 0 saturated carbocycles. The van der Waals surface area contributed by atoms with Gasteiger partial charge in [0.25, 0.3) is 0 Å². The van der Waals surface area contributed by atoms with Gasteiger partial charge in [0.2, 0.25) is 0 Å². The number of nitrogens with one attached hydrogen (secondary N) is 1. The first-order valence-electron chi connectivity index (χ1n) is 8.08. The second-order valence-corrected chi connectivity index (χ2v) is 6.33. The van der Waals surface area contributed by atoms with Crippen LogP contribution in [0, 0.1) is 0 Å². The summed E-state index contributed by atoms with van der Waals surface area (Å²) in [5.74, 6) is 0. The highest BCUT2D eigenvalue weighted by Gasteiger charge is 2.23. The van der Waals surface area contributed by atoms with Crippen molar-refractivity contribution in [3.63, 3.8) is 0 Å². The summed E-state index contributed by atoms with van der Waals surface area (Å²) in [6.45, 7) is 6.53. The van der Waals surface area contributed by atoms with Gasteiger partial charge in [-0.1, -0.05) is 0 Å². The van der Waals surface area contributed by atoms with Gasteiger partial charge in [-0.2, -0.15) is 5.10 Å². The molecule has 7 nitrogen and oxygen atoms in total. The van der Waals surface area contributed by atoms with Crippen molar-refractivity contribution in [2.75, 3.05) is 37.6 Å². The van der Waals surface area contributed by atoms with Crippen LogP contribution in [0.3, 0.4) is 0 Å². The van der Waals surface area contributed by atoms with Crippen LogP contribution in [0.2, 0.25) is 0 Å². The Morgan fingerprint density at radius 3 is 2.83 bits per heavy atom. The minimum absolute atomic E-state index is 0.369. The largest absolute Gasteiger partial charge is 0.465 e. The Balaban J connectivity index is 1.61. The van der Waals surface area contributed by atoms with Crippen molar-refractivity contribution in [1.82, 2.24) is 20.0 Å². The van der Waals surface area contributed by atoms with E-state index in [1.54, 1.807) is 0 Å². The minimum atomic E-state index is -0.830. The van der Waals surface area contributed by atoms with Crippen LogP contribution in [-0.4, -0.2) is 58.6 Å². The molecule has 2 aromatic rings. The lowest BCUT2D eigenvalue weighted by Crippen LogP contribution is -2.48. The van der Waals surface area contributed by atoms with Gasteiger partial charge in [-0.15, -0.1) is 0 Å². The van der Waals surface area contributed by atoms with E-state index in [9.17, 15) is 4.79 Å². The van der Waals surface area contributed by atoms with Crippen LogP contribution in [-0.2, 0) is 6.54 Å². The van der Waals surface area contributed by atoms with E-state index < -0.39 is 6.09 Å². The number of hydrogen-bond donors (Lipinski definition) is 2. The Bertz CT molecular complexity index is 748. The highest BCUT2D eigenvalue weighted by Crippen LogP contribution is 2.28. The van der Waals surface area contributed by atoms with Crippen LogP contribution in [0.4, 0.5) is 10.5 Å². The Morgan fingerprint density at radius 2 is 2.09 bits per heavy atom. The van der Waals surface area contributed by atoms with Gasteiger partial charge in [-0.25, -0.2) is 4.79 Å². The molecule has 1 fully saturated rings. The fourth-order valence-corrected chi connectivity index (χ4v) is 3.53. The summed E-state index contributed by atoms with van der Waals surface area (Å²) in [4.78, 5) is 14.7. The zero-order valence-electron chi connectivity index (χ0n) is 13.2. The molecular weight excluding hydrogens is 294 g/mol. The first kappa shape index (κ1) is 14.3. The quantitative estimate of drug-likeness (QED) is 0.834. The Kier molecular flexibility index (Phi) is 3.37. The molecule has 0 unspecified atom stereocenters. The zero-order valence-corrected chi connectivity index (χ0v) is 13.2. The van der Waals surface area contributed by atoms with Gasteiger partial charge in [0.15, 0.2) is 0 Å². The number of aromatic nitrogens is 2. The van der Waals surface area contributed by atoms with Crippen LogP contribution < -0.4 is 10.2 Å². The van der Waals surface area contributed by atoms with Gasteiger partial charge < -0.3 is 20.2 Å². The van der Waals surface area contributed by atoms with Gasteiger partial charge in [0, 0.05) is 50.3 Å². The van der Waals surface area contributed by atoms with Crippen molar-refractivity contribution in [2.45, 2.75) is 19.5 Å². The third-order valence-electron chi connectivity index (χ3n) is 4.85. The molecule has 0 bridgehead atoms. The summed E-state index contributed by atoms with van der Waals surface area (Å²) in [6, 6.07) is 6.77. The molecule has 1 saturated heterocycles. The molecule has 0 aliphatic carbocycles. The van der Waals surface area contributed by atoms with Gasteiger partial charge in [0.05, 0.1) is 17.3 Å². The molecule has 2 N–H and O–H groups in total. The van der Waals surface area contributed by atoms with E-state index in [0.29, 0.717) is 19.1 Å². The predicted molar refractivity (Wildman–Crippen MR) is 88.0 cm³/mol. The average Bonchev–Trinajstić information content (AvgIpc) is 2.94. The smallest absolute Gasteiger partial charge is 0.407 e. The van der Waals surface area contributed by atoms with Crippen molar-refractivity contribution in [1.29, 1.82) is 0 Å². The fourth-order valence-electron chi connectivity index (χ4n) is 3.53. The second-order valence-electron chi connectivity index (χ2n) is 6.33. The van der Waals surface area contributed by atoms with E-state index in [-0.39, 0.29) is 0 Å². The SMILES string of the molecule is C[C@@H]1CNCc2c3ccc(N4CCN(C(=O)O)CC4)cc3nn21. The molecular formula is C16H21N5O2. The Morgan fingerprint density at radius 1 is 1.30 bits per heavy atom. The fraction of sp³-hybridized carbons (Fsp3) is 0.500. The van der Waals surface area contributed by atoms with Crippen LogP contribution in [0.25, 0.3) is 10.9 Å². The number of hydrogen-bond acceptors (Lipinski definition) is 4. The molecule has 1 aromatic carbocycles. The maximum absolute atomic E-state index is 11.0. The first-order valence-corrected chi connectivity index (χ1v) is 8.08. The number of nitrogens with zero attached hydrogens (tertiary/aromatic N) is 4. The molecule has 1 atom stereocenters. The predicted octanol–water partition coefficient (Wildman–Crippen LogP) is 1.50. The van der Waals surface area contributed by atoms with Crippen molar-refractivity contribution in [3.8, 4) is 0 Å². The highest BCUT2D eigenvalue weighted by atomic mass is 16.4. The van der Waals surface area contributed by atoms with E-state index in [4.69, 9.17) is 10.2 Å². The van der Waals surface area contributed by atoms with Gasteiger partial charge >= 0.3 is 6.09 Å². The molecule has 0 radical (unpaired) electrons. The summed E-state index contributed by atoms with van der Waals surface area (Å²) >= 11 is 0. The maximum atomic E-state index is 11.0. The lowest BCUT2D eigenvalue weighted by molar-refractivity contribution is 0.142. The summed E-state index contributed by atoms with van der Waals surface area (Å²) in [5, 5.41) is 18.5. The van der Waals surface area contributed by atoms with E-state index in [1.165, 1.54) is 16.0 Å². The lowest BCUT2D eigenvalue weighted by atomic mass is 10.1. The van der Waals surface area contributed by atoms with Crippen LogP contribution in [0.15, 0.2) is 18.2 Å². The molecule has 2 aliphatic rings. The number of rotatable bonds is 1. The normalized spacial score (nSPS) is 21.5. The summed E-state index contributed by atoms with van der Waals surface area (Å²) in [5.41, 5.74) is 3.40. The van der Waals surface area contributed by atoms with Crippen molar-refractivity contribution in [3.05, 3.63) is 23.9 Å². The molecule has 4 rings (SSSR count). The van der Waals surface area contributed by atoms with Crippen LogP contribution >= 0.6 is 0 Å². The summed E-state index contributed by atoms with van der Waals surface area (Å²) in [6.07, 6.45) is -0.830. The topological polar surface area (TPSA) is 73.6 Å². The Hall–Kier alpha value is -2.28. The molecule has 1 aromatic heterocycles. The standard InChI is InChI=1S/C16H21N5O2/c1-11-9-17-10-15-13-3-2-12(8-14(13)18-21(11)15)19-4-6-20(7-5-19)16(22)23/h2-3,8,11,17H,4-7,9-10H2,1H3,(H,22,23)/t11-/m1/s1. The number of carbonyl (C=O) groups is 1. The number of benzene rings is 1. The molecule has 7 heteroatoms. The number of amides is 1. The number of carboxylic acid groups (broad SMARTS) is 1. The summed E-state index contributed by atoms with van der Waals surface area (Å²) in [7, 11) is 0. The molecule has 1 amide bonds. The monoisotopic (exact) mass is 315 g/mol. The Labute approximate surface area is 134 Å². The highest BCUT2D eigenvalue weighted by molar-refractivity contribution is 5.85. The molecule has 122 valence electrons. The second kappa shape index (κ2) is 5.42. The third-order valence-corrected chi connectivity index (χ3v) is 4.85. The molecule has 23 heavy (non-hydrogen) atoms. The minimum Gasteiger partial charge on any atom is -0.465 e. The lowest BCUT2D eigenvalue weighted by Gasteiger charge is -2.34. The average molecular weight is 315 g/mol. The first-order chi connectivity index (χ1) is 11.1. The van der Waals surface area contributed by atoms with Crippen LogP contribution in [0.1, 0.15) is 18.7 Å². The molecule has 3 heterocycles. The van der Waals surface area contributed by atoms with Crippen molar-refractivity contribution in [2.24, 2.45) is 0 Å².